The van der Waals surface area contributed by atoms with Crippen LogP contribution in [0.3, 0.4) is 0 Å². The average Bonchev–Trinajstić information content (AvgIpc) is 2.58. The fourth-order valence-electron chi connectivity index (χ4n) is 2.18. The summed E-state index contributed by atoms with van der Waals surface area (Å²) in [5.41, 5.74) is 1.36. The summed E-state index contributed by atoms with van der Waals surface area (Å²) in [6.45, 7) is 4.52. The highest BCUT2D eigenvalue weighted by Crippen LogP contribution is 2.34. The molecule has 0 saturated heterocycles. The maximum absolute atomic E-state index is 4.77. The van der Waals surface area contributed by atoms with Crippen molar-refractivity contribution in [2.24, 2.45) is 5.92 Å². The molecule has 15 heavy (non-hydrogen) atoms. The Hall–Kier alpha value is -0.410. The number of aryl methyl sites for hydroxylation is 1. The van der Waals surface area contributed by atoms with Crippen LogP contribution in [0.1, 0.15) is 48.3 Å². The summed E-state index contributed by atoms with van der Waals surface area (Å²) in [5, 5.41) is 4.73. The molecule has 0 aliphatic heterocycles. The second-order valence-corrected chi connectivity index (χ2v) is 5.87. The Kier molecular flexibility index (Phi) is 3.42. The highest BCUT2D eigenvalue weighted by Gasteiger charge is 2.23. The van der Waals surface area contributed by atoms with E-state index < -0.39 is 0 Å². The Labute approximate surface area is 96.1 Å². The van der Waals surface area contributed by atoms with Gasteiger partial charge in [0.15, 0.2) is 0 Å². The number of thiazole rings is 1. The van der Waals surface area contributed by atoms with Crippen LogP contribution < -0.4 is 5.32 Å². The summed E-state index contributed by atoms with van der Waals surface area (Å²) in [5.74, 6) is 0.714. The van der Waals surface area contributed by atoms with Crippen LogP contribution in [-0.2, 0) is 12.8 Å². The van der Waals surface area contributed by atoms with E-state index in [-0.39, 0.29) is 0 Å². The van der Waals surface area contributed by atoms with Gasteiger partial charge in [0.1, 0.15) is 0 Å². The minimum absolute atomic E-state index is 0.562. The molecule has 2 nitrogen and oxygen atoms in total. The number of nitrogens with one attached hydrogen (secondary N) is 1. The molecule has 1 atom stereocenters. The molecule has 1 aromatic rings. The van der Waals surface area contributed by atoms with Gasteiger partial charge < -0.3 is 5.32 Å². The Morgan fingerprint density at radius 2 is 2.33 bits per heavy atom. The van der Waals surface area contributed by atoms with E-state index in [1.165, 1.54) is 34.8 Å². The first-order valence-corrected chi connectivity index (χ1v) is 6.68. The Bertz CT molecular complexity index is 330. The third-order valence-corrected chi connectivity index (χ3v) is 4.16. The lowest BCUT2D eigenvalue weighted by molar-refractivity contribution is 0.500. The van der Waals surface area contributed by atoms with E-state index in [9.17, 15) is 0 Å². The maximum atomic E-state index is 4.77. The van der Waals surface area contributed by atoms with Gasteiger partial charge in [-0.1, -0.05) is 13.8 Å². The van der Waals surface area contributed by atoms with Crippen molar-refractivity contribution in [2.45, 2.75) is 45.6 Å². The van der Waals surface area contributed by atoms with Crippen LogP contribution in [0, 0.1) is 5.92 Å². The van der Waals surface area contributed by atoms with Crippen molar-refractivity contribution in [1.29, 1.82) is 0 Å². The molecule has 2 rings (SSSR count). The van der Waals surface area contributed by atoms with Crippen LogP contribution in [0.2, 0.25) is 0 Å². The summed E-state index contributed by atoms with van der Waals surface area (Å²) in [4.78, 5) is 6.27. The van der Waals surface area contributed by atoms with E-state index in [1.54, 1.807) is 0 Å². The van der Waals surface area contributed by atoms with Gasteiger partial charge in [0.05, 0.1) is 10.7 Å². The van der Waals surface area contributed by atoms with Crippen molar-refractivity contribution >= 4 is 11.3 Å². The van der Waals surface area contributed by atoms with Gasteiger partial charge in [-0.25, -0.2) is 4.98 Å². The molecular formula is C12H20N2S. The highest BCUT2D eigenvalue weighted by molar-refractivity contribution is 7.11. The van der Waals surface area contributed by atoms with E-state index in [0.29, 0.717) is 12.0 Å². The monoisotopic (exact) mass is 224 g/mol. The van der Waals surface area contributed by atoms with Crippen LogP contribution in [0.5, 0.6) is 0 Å². The number of nitrogens with zero attached hydrogens (tertiary/aromatic N) is 1. The molecular weight excluding hydrogens is 204 g/mol. The van der Waals surface area contributed by atoms with Gasteiger partial charge in [-0.05, 0) is 32.2 Å². The first-order chi connectivity index (χ1) is 7.20. The number of hydrogen-bond donors (Lipinski definition) is 1. The summed E-state index contributed by atoms with van der Waals surface area (Å²) in [7, 11) is 2.06. The van der Waals surface area contributed by atoms with Gasteiger partial charge in [-0.3, -0.25) is 0 Å². The molecule has 84 valence electrons. The van der Waals surface area contributed by atoms with Crippen molar-refractivity contribution in [3.05, 3.63) is 15.6 Å². The Morgan fingerprint density at radius 3 is 3.00 bits per heavy atom. The second kappa shape index (κ2) is 4.62. The molecule has 1 aliphatic rings. The molecule has 3 heteroatoms. The molecule has 0 aromatic carbocycles. The number of rotatable bonds is 3. The lowest BCUT2D eigenvalue weighted by Crippen LogP contribution is -2.19. The van der Waals surface area contributed by atoms with E-state index in [1.807, 2.05) is 11.3 Å². The zero-order valence-corrected chi connectivity index (χ0v) is 10.7. The lowest BCUT2D eigenvalue weighted by atomic mass is 9.98. The molecule has 0 spiro atoms. The van der Waals surface area contributed by atoms with Gasteiger partial charge in [0, 0.05) is 17.3 Å². The summed E-state index contributed by atoms with van der Waals surface area (Å²) >= 11 is 1.92. The quantitative estimate of drug-likeness (QED) is 0.854. The van der Waals surface area contributed by atoms with Crippen molar-refractivity contribution < 1.29 is 0 Å². The van der Waals surface area contributed by atoms with Gasteiger partial charge in [-0.15, -0.1) is 11.3 Å². The molecule has 0 saturated carbocycles. The third kappa shape index (κ3) is 2.40. The number of aromatic nitrogens is 1. The van der Waals surface area contributed by atoms with E-state index in [0.717, 1.165) is 6.42 Å². The highest BCUT2D eigenvalue weighted by atomic mass is 32.1. The van der Waals surface area contributed by atoms with Crippen LogP contribution >= 0.6 is 11.3 Å². The fraction of sp³-hybridized carbons (Fsp3) is 0.750. The van der Waals surface area contributed by atoms with Crippen molar-refractivity contribution in [1.82, 2.24) is 10.3 Å². The predicted octanol–water partition coefficient (Wildman–Crippen LogP) is 2.94. The largest absolute Gasteiger partial charge is 0.312 e. The van der Waals surface area contributed by atoms with E-state index in [4.69, 9.17) is 4.98 Å². The normalized spacial score (nSPS) is 20.7. The van der Waals surface area contributed by atoms with Gasteiger partial charge in [-0.2, -0.15) is 0 Å². The topological polar surface area (TPSA) is 24.9 Å². The van der Waals surface area contributed by atoms with Gasteiger partial charge in [0.2, 0.25) is 0 Å². The molecule has 1 N–H and O–H groups in total. The predicted molar refractivity (Wildman–Crippen MR) is 65.4 cm³/mol. The molecule has 1 aromatic heterocycles. The van der Waals surface area contributed by atoms with Crippen molar-refractivity contribution in [3.63, 3.8) is 0 Å². The number of hydrogen-bond acceptors (Lipinski definition) is 3. The molecule has 0 radical (unpaired) electrons. The smallest absolute Gasteiger partial charge is 0.0934 e. The zero-order chi connectivity index (χ0) is 10.8. The van der Waals surface area contributed by atoms with Gasteiger partial charge in [0.25, 0.3) is 0 Å². The maximum Gasteiger partial charge on any atom is 0.0934 e. The van der Waals surface area contributed by atoms with E-state index >= 15 is 0 Å². The molecule has 1 unspecified atom stereocenters. The summed E-state index contributed by atoms with van der Waals surface area (Å²) < 4.78 is 0. The molecule has 0 bridgehead atoms. The fourth-order valence-corrected chi connectivity index (χ4v) is 3.65. The van der Waals surface area contributed by atoms with Crippen LogP contribution in [-0.4, -0.2) is 12.0 Å². The Balaban J connectivity index is 2.21. The summed E-state index contributed by atoms with van der Waals surface area (Å²) in [6.07, 6.45) is 4.87. The van der Waals surface area contributed by atoms with Crippen LogP contribution in [0.25, 0.3) is 0 Å². The SMILES string of the molecule is CNC1CCCc2nc(CC(C)C)sc21. The van der Waals surface area contributed by atoms with Crippen LogP contribution in [0.15, 0.2) is 0 Å². The van der Waals surface area contributed by atoms with E-state index in [2.05, 4.69) is 26.2 Å². The molecule has 0 fully saturated rings. The molecule has 1 heterocycles. The third-order valence-electron chi connectivity index (χ3n) is 2.93. The molecule has 0 amide bonds. The zero-order valence-electron chi connectivity index (χ0n) is 9.84. The van der Waals surface area contributed by atoms with Gasteiger partial charge >= 0.3 is 0 Å². The van der Waals surface area contributed by atoms with Crippen LogP contribution in [0.4, 0.5) is 0 Å². The minimum Gasteiger partial charge on any atom is -0.312 e. The average molecular weight is 224 g/mol. The lowest BCUT2D eigenvalue weighted by Gasteiger charge is -2.20. The first-order valence-electron chi connectivity index (χ1n) is 5.86. The number of fused-ring (bicyclic) bond motifs is 1. The second-order valence-electron chi connectivity index (χ2n) is 4.75. The Morgan fingerprint density at radius 1 is 1.53 bits per heavy atom. The van der Waals surface area contributed by atoms with Crippen molar-refractivity contribution in [2.75, 3.05) is 7.05 Å². The standard InChI is InChI=1S/C12H20N2S/c1-8(2)7-11-14-10-6-4-5-9(13-3)12(10)15-11/h8-9,13H,4-7H2,1-3H3. The summed E-state index contributed by atoms with van der Waals surface area (Å²) in [6, 6.07) is 0.562. The first kappa shape index (κ1) is 11.1. The molecule has 1 aliphatic carbocycles. The van der Waals surface area contributed by atoms with Crippen molar-refractivity contribution in [3.8, 4) is 0 Å². The minimum atomic E-state index is 0.562.